The molecule has 0 saturated heterocycles. The van der Waals surface area contributed by atoms with Gasteiger partial charge in [0.05, 0.1) is 11.5 Å². The number of nitrogens with one attached hydrogen (secondary N) is 1. The molecule has 27 heavy (non-hydrogen) atoms. The molecule has 3 aliphatic rings. The summed E-state index contributed by atoms with van der Waals surface area (Å²) in [4.78, 5) is 26.7. The first kappa shape index (κ1) is 22.8. The third kappa shape index (κ3) is 6.26. The number of amides is 2. The molecule has 0 radical (unpaired) electrons. The minimum Gasteiger partial charge on any atom is -0.352 e. The highest BCUT2D eigenvalue weighted by Gasteiger charge is 2.39. The van der Waals surface area contributed by atoms with Crippen LogP contribution < -0.4 is 11.1 Å². The minimum absolute atomic E-state index is 0. The topological polar surface area (TPSA) is 75.4 Å². The molecule has 5 nitrogen and oxygen atoms in total. The molecule has 2 bridgehead atoms. The van der Waals surface area contributed by atoms with E-state index in [0.29, 0.717) is 41.5 Å². The fraction of sp³-hybridized carbons (Fsp3) is 0.900. The zero-order valence-electron chi connectivity index (χ0n) is 16.5. The fourth-order valence-corrected chi connectivity index (χ4v) is 6.01. The van der Waals surface area contributed by atoms with Crippen LogP contribution in [0.1, 0.15) is 64.2 Å². The van der Waals surface area contributed by atoms with Gasteiger partial charge in [-0.05, 0) is 50.4 Å². The van der Waals surface area contributed by atoms with Crippen molar-refractivity contribution in [3.05, 3.63) is 0 Å². The van der Waals surface area contributed by atoms with Gasteiger partial charge in [-0.3, -0.25) is 9.59 Å². The summed E-state index contributed by atoms with van der Waals surface area (Å²) in [6, 6.07) is 1.01. The van der Waals surface area contributed by atoms with Gasteiger partial charge in [-0.25, -0.2) is 0 Å². The SMILES string of the molecule is CN(C(=O)CSCC(=O)NC1C2CCCC1CC(N)C2)C1CCCCC1.Cl. The smallest absolute Gasteiger partial charge is 0.232 e. The summed E-state index contributed by atoms with van der Waals surface area (Å²) < 4.78 is 0. The maximum absolute atomic E-state index is 12.4. The van der Waals surface area contributed by atoms with Crippen LogP contribution in [0.4, 0.5) is 0 Å². The Bertz CT molecular complexity index is 488. The van der Waals surface area contributed by atoms with Crippen LogP contribution in [0.3, 0.4) is 0 Å². The Morgan fingerprint density at radius 1 is 1.00 bits per heavy atom. The van der Waals surface area contributed by atoms with Crippen molar-refractivity contribution in [1.29, 1.82) is 0 Å². The first-order chi connectivity index (χ1) is 12.5. The molecule has 7 heteroatoms. The summed E-state index contributed by atoms with van der Waals surface area (Å²) in [7, 11) is 1.92. The lowest BCUT2D eigenvalue weighted by molar-refractivity contribution is -0.129. The highest BCUT2D eigenvalue weighted by Crippen LogP contribution is 2.39. The lowest BCUT2D eigenvalue weighted by Crippen LogP contribution is -2.54. The van der Waals surface area contributed by atoms with Crippen LogP contribution in [-0.4, -0.2) is 53.4 Å². The molecule has 3 N–H and O–H groups in total. The second kappa shape index (κ2) is 10.9. The zero-order chi connectivity index (χ0) is 18.5. The third-order valence-corrected chi connectivity index (χ3v) is 7.60. The van der Waals surface area contributed by atoms with Gasteiger partial charge in [0.1, 0.15) is 0 Å². The molecule has 0 aromatic heterocycles. The van der Waals surface area contributed by atoms with Gasteiger partial charge in [0.2, 0.25) is 11.8 Å². The molecule has 2 amide bonds. The number of fused-ring (bicyclic) bond motifs is 2. The molecule has 0 spiro atoms. The van der Waals surface area contributed by atoms with Crippen LogP contribution in [0, 0.1) is 11.8 Å². The van der Waals surface area contributed by atoms with Gasteiger partial charge in [-0.2, -0.15) is 0 Å². The summed E-state index contributed by atoms with van der Waals surface area (Å²) in [6.07, 6.45) is 11.7. The molecular weight excluding hydrogens is 382 g/mol. The van der Waals surface area contributed by atoms with Crippen LogP contribution in [-0.2, 0) is 9.59 Å². The summed E-state index contributed by atoms with van der Waals surface area (Å²) in [5.74, 6) is 2.13. The van der Waals surface area contributed by atoms with E-state index in [1.54, 1.807) is 0 Å². The molecule has 2 unspecified atom stereocenters. The van der Waals surface area contributed by atoms with E-state index in [0.717, 1.165) is 25.7 Å². The highest BCUT2D eigenvalue weighted by molar-refractivity contribution is 8.00. The molecule has 0 aromatic carbocycles. The van der Waals surface area contributed by atoms with Crippen molar-refractivity contribution in [1.82, 2.24) is 10.2 Å². The van der Waals surface area contributed by atoms with E-state index in [2.05, 4.69) is 5.32 Å². The van der Waals surface area contributed by atoms with Crippen LogP contribution in [0.15, 0.2) is 0 Å². The van der Waals surface area contributed by atoms with Crippen molar-refractivity contribution in [2.75, 3.05) is 18.6 Å². The maximum Gasteiger partial charge on any atom is 0.232 e. The van der Waals surface area contributed by atoms with Crippen LogP contribution in [0.25, 0.3) is 0 Å². The van der Waals surface area contributed by atoms with E-state index in [1.165, 1.54) is 50.3 Å². The standard InChI is InChI=1S/C20H35N3O2S.ClH/c1-23(17-8-3-2-4-9-17)19(25)13-26-12-18(24)22-20-14-6-5-7-15(20)11-16(21)10-14;/h14-17,20H,2-13,21H2,1H3,(H,22,24);1H. The maximum atomic E-state index is 12.4. The van der Waals surface area contributed by atoms with E-state index in [9.17, 15) is 9.59 Å². The minimum atomic E-state index is 0. The van der Waals surface area contributed by atoms with Crippen molar-refractivity contribution in [2.24, 2.45) is 17.6 Å². The molecular formula is C20H36ClN3O2S. The molecule has 0 aliphatic heterocycles. The number of nitrogens with zero attached hydrogens (tertiary/aromatic N) is 1. The molecule has 156 valence electrons. The van der Waals surface area contributed by atoms with Crippen LogP contribution in [0.2, 0.25) is 0 Å². The lowest BCUT2D eigenvalue weighted by atomic mass is 9.67. The molecule has 3 aliphatic carbocycles. The fourth-order valence-electron chi connectivity index (χ4n) is 5.26. The van der Waals surface area contributed by atoms with Gasteiger partial charge < -0.3 is 16.0 Å². The highest BCUT2D eigenvalue weighted by atomic mass is 35.5. The number of hydrogen-bond donors (Lipinski definition) is 2. The number of nitrogens with two attached hydrogens (primary N) is 1. The van der Waals surface area contributed by atoms with Crippen LogP contribution >= 0.6 is 24.2 Å². The zero-order valence-corrected chi connectivity index (χ0v) is 18.2. The first-order valence-corrected chi connectivity index (χ1v) is 11.6. The monoisotopic (exact) mass is 417 g/mol. The van der Waals surface area contributed by atoms with Gasteiger partial charge in [-0.15, -0.1) is 24.2 Å². The second-order valence-corrected chi connectivity index (χ2v) is 9.55. The summed E-state index contributed by atoms with van der Waals surface area (Å²) in [5.41, 5.74) is 6.16. The van der Waals surface area contributed by atoms with Crippen molar-refractivity contribution in [2.45, 2.75) is 82.3 Å². The molecule has 3 rings (SSSR count). The quantitative estimate of drug-likeness (QED) is 0.696. The predicted molar refractivity (Wildman–Crippen MR) is 114 cm³/mol. The van der Waals surface area contributed by atoms with E-state index >= 15 is 0 Å². The summed E-state index contributed by atoms with van der Waals surface area (Å²) in [6.45, 7) is 0. The second-order valence-electron chi connectivity index (χ2n) is 8.57. The average molecular weight is 418 g/mol. The van der Waals surface area contributed by atoms with Crippen molar-refractivity contribution in [3.8, 4) is 0 Å². The molecule has 0 heterocycles. The summed E-state index contributed by atoms with van der Waals surface area (Å²) >= 11 is 1.45. The Kier molecular flexibility index (Phi) is 9.23. The van der Waals surface area contributed by atoms with E-state index in [1.807, 2.05) is 11.9 Å². The van der Waals surface area contributed by atoms with Crippen molar-refractivity contribution >= 4 is 36.0 Å². The molecule has 3 saturated carbocycles. The van der Waals surface area contributed by atoms with Gasteiger partial charge in [0.25, 0.3) is 0 Å². The number of hydrogen-bond acceptors (Lipinski definition) is 4. The Balaban J connectivity index is 0.00000261. The molecule has 3 fully saturated rings. The largest absolute Gasteiger partial charge is 0.352 e. The Hall–Kier alpha value is -0.460. The normalized spacial score (nSPS) is 30.9. The number of halogens is 1. The Labute approximate surface area is 174 Å². The number of carbonyl (C=O) groups excluding carboxylic acids is 2. The Morgan fingerprint density at radius 2 is 1.63 bits per heavy atom. The number of carbonyl (C=O) groups is 2. The van der Waals surface area contributed by atoms with Gasteiger partial charge in [0.15, 0.2) is 0 Å². The number of rotatable bonds is 6. The predicted octanol–water partition coefficient (Wildman–Crippen LogP) is 2.95. The average Bonchev–Trinajstić information content (AvgIpc) is 2.62. The van der Waals surface area contributed by atoms with E-state index in [-0.39, 0.29) is 24.2 Å². The van der Waals surface area contributed by atoms with Gasteiger partial charge in [-0.1, -0.05) is 25.7 Å². The lowest BCUT2D eigenvalue weighted by Gasteiger charge is -2.45. The Morgan fingerprint density at radius 3 is 2.26 bits per heavy atom. The van der Waals surface area contributed by atoms with E-state index in [4.69, 9.17) is 5.73 Å². The van der Waals surface area contributed by atoms with Crippen molar-refractivity contribution in [3.63, 3.8) is 0 Å². The van der Waals surface area contributed by atoms with Gasteiger partial charge in [0, 0.05) is 25.2 Å². The summed E-state index contributed by atoms with van der Waals surface area (Å²) in [5, 5.41) is 3.27. The molecule has 0 aromatic rings. The molecule has 2 atom stereocenters. The van der Waals surface area contributed by atoms with E-state index < -0.39 is 0 Å². The van der Waals surface area contributed by atoms with Gasteiger partial charge >= 0.3 is 0 Å². The first-order valence-electron chi connectivity index (χ1n) is 10.4. The third-order valence-electron chi connectivity index (χ3n) is 6.68. The van der Waals surface area contributed by atoms with Crippen LogP contribution in [0.5, 0.6) is 0 Å². The van der Waals surface area contributed by atoms with Crippen molar-refractivity contribution < 1.29 is 9.59 Å². The number of thioether (sulfide) groups is 1.